The van der Waals surface area contributed by atoms with Crippen LogP contribution in [0, 0.1) is 5.82 Å². The average Bonchev–Trinajstić information content (AvgIpc) is 3.05. The molecule has 1 amide bonds. The van der Waals surface area contributed by atoms with Crippen LogP contribution in [0.4, 0.5) is 20.6 Å². The number of alkyl carbamates (subject to hydrolysis) is 1. The number of anilines is 2. The number of aromatic nitrogens is 1. The van der Waals surface area contributed by atoms with E-state index in [4.69, 9.17) is 16.3 Å². The fourth-order valence-corrected chi connectivity index (χ4v) is 4.13. The first-order chi connectivity index (χ1) is 13.7. The Bertz CT molecular complexity index is 847. The van der Waals surface area contributed by atoms with Crippen molar-refractivity contribution in [2.24, 2.45) is 0 Å². The Morgan fingerprint density at radius 3 is 2.72 bits per heavy atom. The topological polar surface area (TPSA) is 66.5 Å². The maximum Gasteiger partial charge on any atom is 0.407 e. The Morgan fingerprint density at radius 1 is 1.38 bits per heavy atom. The third kappa shape index (κ3) is 6.47. The molecule has 29 heavy (non-hydrogen) atoms. The second-order valence-electron chi connectivity index (χ2n) is 8.00. The SMILES string of the molecule is CC(C)(C)OC(=O)NC1CCN(c2ccc(F)cc2NCc2cnc(Cl)s2)CC1. The van der Waals surface area contributed by atoms with Crippen molar-refractivity contribution in [3.8, 4) is 0 Å². The lowest BCUT2D eigenvalue weighted by atomic mass is 10.0. The van der Waals surface area contributed by atoms with E-state index in [0.717, 1.165) is 42.2 Å². The number of thiazole rings is 1. The monoisotopic (exact) mass is 440 g/mol. The van der Waals surface area contributed by atoms with Crippen LogP contribution in [0.15, 0.2) is 24.4 Å². The van der Waals surface area contributed by atoms with Gasteiger partial charge >= 0.3 is 6.09 Å². The van der Waals surface area contributed by atoms with Crippen LogP contribution in [0.2, 0.25) is 4.47 Å². The van der Waals surface area contributed by atoms with Gasteiger partial charge in [0.2, 0.25) is 0 Å². The van der Waals surface area contributed by atoms with Crippen molar-refractivity contribution < 1.29 is 13.9 Å². The summed E-state index contributed by atoms with van der Waals surface area (Å²) in [6.07, 6.45) is 2.91. The molecule has 0 saturated carbocycles. The third-order valence-electron chi connectivity index (χ3n) is 4.49. The highest BCUT2D eigenvalue weighted by atomic mass is 35.5. The first kappa shape index (κ1) is 21.6. The maximum absolute atomic E-state index is 13.8. The molecule has 1 aliphatic rings. The number of halogens is 2. The van der Waals surface area contributed by atoms with Gasteiger partial charge in [0.1, 0.15) is 11.4 Å². The molecule has 2 N–H and O–H groups in total. The van der Waals surface area contributed by atoms with Crippen molar-refractivity contribution in [1.82, 2.24) is 10.3 Å². The van der Waals surface area contributed by atoms with Crippen LogP contribution in [-0.2, 0) is 11.3 Å². The average molecular weight is 441 g/mol. The molecule has 1 aromatic carbocycles. The number of ether oxygens (including phenoxy) is 1. The molecule has 0 radical (unpaired) electrons. The number of carbonyl (C=O) groups excluding carboxylic acids is 1. The highest BCUT2D eigenvalue weighted by molar-refractivity contribution is 7.15. The third-order valence-corrected chi connectivity index (χ3v) is 5.61. The van der Waals surface area contributed by atoms with Gasteiger partial charge in [-0.3, -0.25) is 0 Å². The molecule has 0 aliphatic carbocycles. The van der Waals surface area contributed by atoms with Gasteiger partial charge in [0, 0.05) is 30.2 Å². The number of nitrogens with zero attached hydrogens (tertiary/aromatic N) is 2. The molecule has 9 heteroatoms. The van der Waals surface area contributed by atoms with Crippen molar-refractivity contribution in [3.63, 3.8) is 0 Å². The van der Waals surface area contributed by atoms with Crippen LogP contribution in [0.25, 0.3) is 0 Å². The summed E-state index contributed by atoms with van der Waals surface area (Å²) in [7, 11) is 0. The zero-order valence-electron chi connectivity index (χ0n) is 16.8. The highest BCUT2D eigenvalue weighted by Crippen LogP contribution is 2.30. The van der Waals surface area contributed by atoms with Crippen LogP contribution < -0.4 is 15.5 Å². The Morgan fingerprint density at radius 2 is 2.10 bits per heavy atom. The number of carbonyl (C=O) groups is 1. The van der Waals surface area contributed by atoms with Crippen molar-refractivity contribution in [2.45, 2.75) is 51.8 Å². The first-order valence-electron chi connectivity index (χ1n) is 9.58. The van der Waals surface area contributed by atoms with Crippen LogP contribution >= 0.6 is 22.9 Å². The lowest BCUT2D eigenvalue weighted by molar-refractivity contribution is 0.0497. The minimum absolute atomic E-state index is 0.0669. The molecule has 0 unspecified atom stereocenters. The second-order valence-corrected chi connectivity index (χ2v) is 9.70. The number of benzene rings is 1. The molecule has 1 saturated heterocycles. The lowest BCUT2D eigenvalue weighted by Gasteiger charge is -2.35. The van der Waals surface area contributed by atoms with Crippen molar-refractivity contribution in [3.05, 3.63) is 39.6 Å². The Balaban J connectivity index is 1.59. The number of rotatable bonds is 5. The molecule has 2 aromatic rings. The molecule has 1 aromatic heterocycles. The smallest absolute Gasteiger partial charge is 0.407 e. The molecule has 0 spiro atoms. The molecule has 2 heterocycles. The van der Waals surface area contributed by atoms with Crippen molar-refractivity contribution >= 4 is 40.4 Å². The van der Waals surface area contributed by atoms with E-state index in [9.17, 15) is 9.18 Å². The van der Waals surface area contributed by atoms with E-state index in [-0.39, 0.29) is 18.0 Å². The largest absolute Gasteiger partial charge is 0.444 e. The van der Waals surface area contributed by atoms with Gasteiger partial charge in [-0.05, 0) is 51.8 Å². The lowest BCUT2D eigenvalue weighted by Crippen LogP contribution is -2.46. The molecular formula is C20H26ClFN4O2S. The van der Waals surface area contributed by atoms with Gasteiger partial charge in [0.15, 0.2) is 4.47 Å². The Labute approximate surface area is 179 Å². The molecule has 0 atom stereocenters. The highest BCUT2D eigenvalue weighted by Gasteiger charge is 2.24. The number of amides is 1. The van der Waals surface area contributed by atoms with Crippen molar-refractivity contribution in [1.29, 1.82) is 0 Å². The summed E-state index contributed by atoms with van der Waals surface area (Å²) < 4.78 is 19.7. The second kappa shape index (κ2) is 9.17. The summed E-state index contributed by atoms with van der Waals surface area (Å²) in [5, 5.41) is 6.23. The van der Waals surface area contributed by atoms with Crippen LogP contribution in [0.5, 0.6) is 0 Å². The summed E-state index contributed by atoms with van der Waals surface area (Å²) in [4.78, 5) is 19.2. The van der Waals surface area contributed by atoms with Gasteiger partial charge in [0.25, 0.3) is 0 Å². The van der Waals surface area contributed by atoms with Gasteiger partial charge in [-0.1, -0.05) is 11.6 Å². The van der Waals surface area contributed by atoms with E-state index in [0.29, 0.717) is 11.0 Å². The van der Waals surface area contributed by atoms with E-state index in [1.165, 1.54) is 23.5 Å². The molecule has 3 rings (SSSR count). The fraction of sp³-hybridized carbons (Fsp3) is 0.500. The van der Waals surface area contributed by atoms with Crippen LogP contribution in [0.3, 0.4) is 0 Å². The van der Waals surface area contributed by atoms with E-state index in [1.807, 2.05) is 20.8 Å². The van der Waals surface area contributed by atoms with E-state index >= 15 is 0 Å². The fourth-order valence-electron chi connectivity index (χ4n) is 3.21. The summed E-state index contributed by atoms with van der Waals surface area (Å²) in [6.45, 7) is 7.58. The number of nitrogens with one attached hydrogen (secondary N) is 2. The van der Waals surface area contributed by atoms with Crippen molar-refractivity contribution in [2.75, 3.05) is 23.3 Å². The van der Waals surface area contributed by atoms with Gasteiger partial charge < -0.3 is 20.3 Å². The van der Waals surface area contributed by atoms with E-state index in [1.54, 1.807) is 12.3 Å². The van der Waals surface area contributed by atoms with E-state index in [2.05, 4.69) is 20.5 Å². The Kier molecular flexibility index (Phi) is 6.85. The number of hydrogen-bond acceptors (Lipinski definition) is 6. The summed E-state index contributed by atoms with van der Waals surface area (Å²) in [5.74, 6) is -0.292. The summed E-state index contributed by atoms with van der Waals surface area (Å²) in [6, 6.07) is 4.83. The van der Waals surface area contributed by atoms with Gasteiger partial charge in [-0.15, -0.1) is 11.3 Å². The van der Waals surface area contributed by atoms with E-state index < -0.39 is 5.60 Å². The normalized spacial score (nSPS) is 15.3. The van der Waals surface area contributed by atoms with Gasteiger partial charge in [-0.25, -0.2) is 14.2 Å². The van der Waals surface area contributed by atoms with Gasteiger partial charge in [0.05, 0.1) is 17.9 Å². The summed E-state index contributed by atoms with van der Waals surface area (Å²) in [5.41, 5.74) is 1.16. The minimum atomic E-state index is -0.512. The predicted octanol–water partition coefficient (Wildman–Crippen LogP) is 5.04. The zero-order valence-corrected chi connectivity index (χ0v) is 18.4. The van der Waals surface area contributed by atoms with Crippen LogP contribution in [-0.4, -0.2) is 35.8 Å². The molecule has 1 fully saturated rings. The van der Waals surface area contributed by atoms with Crippen LogP contribution in [0.1, 0.15) is 38.5 Å². The first-order valence-corrected chi connectivity index (χ1v) is 10.8. The molecule has 0 bridgehead atoms. The molecule has 6 nitrogen and oxygen atoms in total. The molecular weight excluding hydrogens is 415 g/mol. The standard InChI is InChI=1S/C20H26ClFN4O2S/c1-20(2,3)28-19(27)25-14-6-8-26(9-7-14)17-5-4-13(22)10-16(17)23-11-15-12-24-18(21)29-15/h4-5,10,12,14,23H,6-9,11H2,1-3H3,(H,25,27). The summed E-state index contributed by atoms with van der Waals surface area (Å²) >= 11 is 7.27. The predicted molar refractivity (Wildman–Crippen MR) is 115 cm³/mol. The number of hydrogen-bond donors (Lipinski definition) is 2. The quantitative estimate of drug-likeness (QED) is 0.681. The molecule has 158 valence electrons. The zero-order chi connectivity index (χ0) is 21.0. The Hall–Kier alpha value is -2.06. The minimum Gasteiger partial charge on any atom is -0.444 e. The number of piperidine rings is 1. The molecule has 1 aliphatic heterocycles. The van der Waals surface area contributed by atoms with Gasteiger partial charge in [-0.2, -0.15) is 0 Å². The maximum atomic E-state index is 13.8.